The van der Waals surface area contributed by atoms with Crippen LogP contribution in [0.5, 0.6) is 0 Å². The highest BCUT2D eigenvalue weighted by Crippen LogP contribution is 1.91. The summed E-state index contributed by atoms with van der Waals surface area (Å²) in [5, 5.41) is 8.39. The van der Waals surface area contributed by atoms with Crippen molar-refractivity contribution in [3.63, 3.8) is 0 Å². The van der Waals surface area contributed by atoms with Crippen LogP contribution in [-0.2, 0) is 9.53 Å². The minimum atomic E-state index is -0.901. The van der Waals surface area contributed by atoms with Crippen molar-refractivity contribution in [2.24, 2.45) is 5.73 Å². The number of aliphatic hydroxyl groups excluding tert-OH is 1. The maximum Gasteiger partial charge on any atom is 0.325 e. The summed E-state index contributed by atoms with van der Waals surface area (Å²) >= 11 is 0. The number of hydrogen-bond donors (Lipinski definition) is 2. The minimum Gasteiger partial charge on any atom is -0.462 e. The second-order valence-corrected chi connectivity index (χ2v) is 2.27. The van der Waals surface area contributed by atoms with Gasteiger partial charge in [-0.05, 0) is 13.8 Å². The van der Waals surface area contributed by atoms with E-state index in [-0.39, 0.29) is 25.1 Å². The lowest BCUT2D eigenvalue weighted by atomic mass is 10.3. The fraction of sp³-hybridized carbons (Fsp3) is 0.833. The summed E-state index contributed by atoms with van der Waals surface area (Å²) in [5.74, 6) is -0.558. The van der Waals surface area contributed by atoms with E-state index in [1.165, 1.54) is 0 Å². The van der Waals surface area contributed by atoms with Gasteiger partial charge in [0.2, 0.25) is 0 Å². The number of esters is 1. The lowest BCUT2D eigenvalue weighted by Crippen LogP contribution is -2.36. The third-order valence-corrected chi connectivity index (χ3v) is 0.851. The van der Waals surface area contributed by atoms with Crippen molar-refractivity contribution in [2.45, 2.75) is 26.0 Å². The van der Waals surface area contributed by atoms with E-state index >= 15 is 0 Å². The number of carbonyl (C=O) groups excluding carboxylic acids is 1. The monoisotopic (exact) mass is 183 g/mol. The van der Waals surface area contributed by atoms with Crippen molar-refractivity contribution in [1.29, 1.82) is 0 Å². The van der Waals surface area contributed by atoms with Crippen molar-refractivity contribution in [1.82, 2.24) is 0 Å². The molecule has 0 bridgehead atoms. The molecule has 68 valence electrons. The topological polar surface area (TPSA) is 72.5 Å². The van der Waals surface area contributed by atoms with E-state index < -0.39 is 12.0 Å². The molecule has 0 aromatic heterocycles. The molecule has 0 saturated heterocycles. The predicted octanol–water partition coefficient (Wildman–Crippen LogP) is -0.321. The molecule has 0 saturated carbocycles. The van der Waals surface area contributed by atoms with Gasteiger partial charge in [-0.15, -0.1) is 12.4 Å². The minimum absolute atomic E-state index is 0. The van der Waals surface area contributed by atoms with Gasteiger partial charge in [0, 0.05) is 0 Å². The molecule has 0 aliphatic heterocycles. The van der Waals surface area contributed by atoms with E-state index in [0.717, 1.165) is 0 Å². The average Bonchev–Trinajstić information content (AvgIpc) is 1.85. The Morgan fingerprint density at radius 2 is 2.09 bits per heavy atom. The van der Waals surface area contributed by atoms with Gasteiger partial charge < -0.3 is 15.6 Å². The molecule has 0 fully saturated rings. The Hall–Kier alpha value is -0.320. The second-order valence-electron chi connectivity index (χ2n) is 2.27. The van der Waals surface area contributed by atoms with Crippen molar-refractivity contribution in [3.05, 3.63) is 0 Å². The van der Waals surface area contributed by atoms with Crippen LogP contribution in [0.25, 0.3) is 0 Å². The molecule has 0 rings (SSSR count). The van der Waals surface area contributed by atoms with E-state index in [0.29, 0.717) is 0 Å². The number of hydrogen-bond acceptors (Lipinski definition) is 4. The van der Waals surface area contributed by atoms with Gasteiger partial charge in [-0.1, -0.05) is 0 Å². The van der Waals surface area contributed by atoms with Crippen molar-refractivity contribution < 1.29 is 14.6 Å². The van der Waals surface area contributed by atoms with E-state index in [2.05, 4.69) is 4.74 Å². The molecular formula is C6H14ClNO3. The van der Waals surface area contributed by atoms with Gasteiger partial charge in [0.05, 0.1) is 12.7 Å². The normalized spacial score (nSPS) is 12.1. The molecule has 0 radical (unpaired) electrons. The molecule has 11 heavy (non-hydrogen) atoms. The summed E-state index contributed by atoms with van der Waals surface area (Å²) in [6.07, 6.45) is -0.176. The Kier molecular flexibility index (Phi) is 7.72. The second kappa shape index (κ2) is 6.39. The Labute approximate surface area is 72.1 Å². The smallest absolute Gasteiger partial charge is 0.325 e. The summed E-state index contributed by atoms with van der Waals surface area (Å²) < 4.78 is 4.68. The number of ether oxygens (including phenoxy) is 1. The third kappa shape index (κ3) is 6.09. The molecule has 0 amide bonds. The highest BCUT2D eigenvalue weighted by atomic mass is 35.5. The highest BCUT2D eigenvalue weighted by Gasteiger charge is 2.14. The molecule has 1 atom stereocenters. The highest BCUT2D eigenvalue weighted by molar-refractivity contribution is 5.85. The van der Waals surface area contributed by atoms with Crippen LogP contribution in [0, 0.1) is 0 Å². The number of halogens is 1. The molecule has 0 unspecified atom stereocenters. The first-order chi connectivity index (χ1) is 4.57. The van der Waals surface area contributed by atoms with Crippen LogP contribution >= 0.6 is 12.4 Å². The Balaban J connectivity index is 0. The molecule has 0 aliphatic carbocycles. The zero-order valence-electron chi connectivity index (χ0n) is 6.61. The molecule has 5 heteroatoms. The quantitative estimate of drug-likeness (QED) is 0.589. The summed E-state index contributed by atoms with van der Waals surface area (Å²) in [6, 6.07) is -0.901. The first-order valence-electron chi connectivity index (χ1n) is 3.15. The Bertz CT molecular complexity index is 118. The average molecular weight is 184 g/mol. The Morgan fingerprint density at radius 3 is 2.36 bits per heavy atom. The van der Waals surface area contributed by atoms with E-state index in [1.54, 1.807) is 13.8 Å². The van der Waals surface area contributed by atoms with Gasteiger partial charge in [0.25, 0.3) is 0 Å². The van der Waals surface area contributed by atoms with Crippen LogP contribution in [0.4, 0.5) is 0 Å². The maximum atomic E-state index is 10.7. The molecule has 0 aliphatic rings. The first-order valence-corrected chi connectivity index (χ1v) is 3.15. The molecule has 0 aromatic rings. The predicted molar refractivity (Wildman–Crippen MR) is 43.5 cm³/mol. The van der Waals surface area contributed by atoms with E-state index in [1.807, 2.05) is 0 Å². The van der Waals surface area contributed by atoms with Crippen molar-refractivity contribution in [3.8, 4) is 0 Å². The van der Waals surface area contributed by atoms with Gasteiger partial charge >= 0.3 is 5.97 Å². The summed E-state index contributed by atoms with van der Waals surface area (Å²) in [4.78, 5) is 10.7. The maximum absolute atomic E-state index is 10.7. The van der Waals surface area contributed by atoms with Crippen LogP contribution in [0.3, 0.4) is 0 Å². The molecule has 0 heterocycles. The standard InChI is InChI=1S/C6H13NO3.ClH/c1-4(2)10-6(9)5(7)3-8;/h4-5,8H,3,7H2,1-2H3;1H/t5-;/m0./s1. The zero-order valence-corrected chi connectivity index (χ0v) is 7.43. The van der Waals surface area contributed by atoms with Crippen LogP contribution in [0.1, 0.15) is 13.8 Å². The molecule has 4 nitrogen and oxygen atoms in total. The molecule has 0 aromatic carbocycles. The van der Waals surface area contributed by atoms with Crippen molar-refractivity contribution >= 4 is 18.4 Å². The van der Waals surface area contributed by atoms with Crippen LogP contribution in [-0.4, -0.2) is 29.8 Å². The fourth-order valence-electron chi connectivity index (χ4n) is 0.394. The van der Waals surface area contributed by atoms with Crippen LogP contribution < -0.4 is 5.73 Å². The molecule has 0 spiro atoms. The van der Waals surface area contributed by atoms with Gasteiger partial charge in [-0.25, -0.2) is 0 Å². The lowest BCUT2D eigenvalue weighted by Gasteiger charge is -2.10. The third-order valence-electron chi connectivity index (χ3n) is 0.851. The number of carbonyl (C=O) groups is 1. The van der Waals surface area contributed by atoms with Crippen molar-refractivity contribution in [2.75, 3.05) is 6.61 Å². The lowest BCUT2D eigenvalue weighted by molar-refractivity contribution is -0.149. The number of aliphatic hydroxyl groups is 1. The first kappa shape index (κ1) is 13.3. The van der Waals surface area contributed by atoms with Gasteiger partial charge in [-0.3, -0.25) is 4.79 Å². The Morgan fingerprint density at radius 1 is 1.64 bits per heavy atom. The fourth-order valence-corrected chi connectivity index (χ4v) is 0.394. The van der Waals surface area contributed by atoms with Gasteiger partial charge in [-0.2, -0.15) is 0 Å². The number of nitrogens with two attached hydrogens (primary N) is 1. The van der Waals surface area contributed by atoms with Crippen LogP contribution in [0.2, 0.25) is 0 Å². The zero-order chi connectivity index (χ0) is 8.15. The van der Waals surface area contributed by atoms with E-state index in [4.69, 9.17) is 10.8 Å². The SMILES string of the molecule is CC(C)OC(=O)[C@@H](N)CO.Cl. The van der Waals surface area contributed by atoms with Crippen LogP contribution in [0.15, 0.2) is 0 Å². The summed E-state index contributed by atoms with van der Waals surface area (Å²) in [5.41, 5.74) is 5.14. The molecule has 3 N–H and O–H groups in total. The largest absolute Gasteiger partial charge is 0.462 e. The summed E-state index contributed by atoms with van der Waals surface area (Å²) in [6.45, 7) is 3.08. The molecular weight excluding hydrogens is 170 g/mol. The van der Waals surface area contributed by atoms with E-state index in [9.17, 15) is 4.79 Å². The van der Waals surface area contributed by atoms with Gasteiger partial charge in [0.15, 0.2) is 0 Å². The van der Waals surface area contributed by atoms with Gasteiger partial charge in [0.1, 0.15) is 6.04 Å². The summed E-state index contributed by atoms with van der Waals surface area (Å²) in [7, 11) is 0. The number of rotatable bonds is 3.